The lowest BCUT2D eigenvalue weighted by atomic mass is 10.1. The van der Waals surface area contributed by atoms with Crippen LogP contribution in [0, 0.1) is 0 Å². The van der Waals surface area contributed by atoms with E-state index in [2.05, 4.69) is 20.4 Å². The fourth-order valence-electron chi connectivity index (χ4n) is 3.07. The third-order valence-electron chi connectivity index (χ3n) is 4.41. The molecule has 0 atom stereocenters. The van der Waals surface area contributed by atoms with Crippen LogP contribution in [-0.4, -0.2) is 26.2 Å². The number of ether oxygens (including phenoxy) is 1. The van der Waals surface area contributed by atoms with Crippen LogP contribution >= 0.6 is 11.3 Å². The number of benzene rings is 1. The van der Waals surface area contributed by atoms with Gasteiger partial charge in [-0.1, -0.05) is 18.2 Å². The minimum absolute atomic E-state index is 0.0559. The maximum absolute atomic E-state index is 11.8. The Hall–Kier alpha value is -2.51. The summed E-state index contributed by atoms with van der Waals surface area (Å²) in [6.45, 7) is 2.92. The predicted octanol–water partition coefficient (Wildman–Crippen LogP) is 2.37. The van der Waals surface area contributed by atoms with Gasteiger partial charge in [-0.3, -0.25) is 9.69 Å². The summed E-state index contributed by atoms with van der Waals surface area (Å²) in [5.74, 6) is 0.853. The summed E-state index contributed by atoms with van der Waals surface area (Å²) in [6, 6.07) is 11.5. The van der Waals surface area contributed by atoms with Gasteiger partial charge in [-0.05, 0) is 17.7 Å². The van der Waals surface area contributed by atoms with E-state index in [-0.39, 0.29) is 5.56 Å². The number of hydrogen-bond acceptors (Lipinski definition) is 6. The maximum atomic E-state index is 11.8. The third-order valence-corrected chi connectivity index (χ3v) is 5.28. The van der Waals surface area contributed by atoms with Crippen LogP contribution in [0.3, 0.4) is 0 Å². The summed E-state index contributed by atoms with van der Waals surface area (Å²) < 4.78 is 7.17. The van der Waals surface area contributed by atoms with Crippen LogP contribution in [0.2, 0.25) is 0 Å². The van der Waals surface area contributed by atoms with Crippen LogP contribution in [0.15, 0.2) is 46.6 Å². The highest BCUT2D eigenvalue weighted by Gasteiger charge is 2.19. The van der Waals surface area contributed by atoms with E-state index in [0.717, 1.165) is 53.8 Å². The van der Waals surface area contributed by atoms with Gasteiger partial charge in [0.2, 0.25) is 0 Å². The normalized spacial score (nSPS) is 14.2. The Morgan fingerprint density at radius 3 is 2.96 bits per heavy atom. The summed E-state index contributed by atoms with van der Waals surface area (Å²) >= 11 is 1.62. The van der Waals surface area contributed by atoms with Crippen molar-refractivity contribution in [3.8, 4) is 5.75 Å². The van der Waals surface area contributed by atoms with Crippen LogP contribution < -0.4 is 10.3 Å². The van der Waals surface area contributed by atoms with Gasteiger partial charge in [0.1, 0.15) is 17.4 Å². The molecule has 0 unspecified atom stereocenters. The molecule has 7 heteroatoms. The van der Waals surface area contributed by atoms with Crippen molar-refractivity contribution in [1.82, 2.24) is 19.7 Å². The number of fused-ring (bicyclic) bond motifs is 1. The van der Waals surface area contributed by atoms with Crippen molar-refractivity contribution in [3.63, 3.8) is 0 Å². The quantitative estimate of drug-likeness (QED) is 0.692. The molecule has 0 amide bonds. The minimum Gasteiger partial charge on any atom is -0.486 e. The van der Waals surface area contributed by atoms with E-state index in [1.165, 1.54) is 4.68 Å². The fourth-order valence-corrected chi connectivity index (χ4v) is 3.76. The highest BCUT2D eigenvalue weighted by atomic mass is 32.1. The lowest BCUT2D eigenvalue weighted by molar-refractivity contribution is 0.238. The largest absolute Gasteiger partial charge is 0.486 e. The van der Waals surface area contributed by atoms with Gasteiger partial charge in [0.15, 0.2) is 0 Å². The molecule has 0 saturated carbocycles. The molecule has 4 rings (SSSR count). The fraction of sp³-hybridized carbons (Fsp3) is 0.316. The highest BCUT2D eigenvalue weighted by molar-refractivity contribution is 7.09. The number of aromatic nitrogens is 3. The second kappa shape index (κ2) is 7.39. The molecule has 1 aliphatic rings. The van der Waals surface area contributed by atoms with Crippen molar-refractivity contribution in [1.29, 1.82) is 0 Å². The van der Waals surface area contributed by atoms with Gasteiger partial charge in [-0.25, -0.2) is 9.67 Å². The molecule has 0 saturated heterocycles. The topological polar surface area (TPSA) is 60.2 Å². The smallest absolute Gasteiger partial charge is 0.266 e. The maximum Gasteiger partial charge on any atom is 0.266 e. The molecule has 1 aromatic carbocycles. The average Bonchev–Trinajstić information content (AvgIpc) is 3.09. The molecular weight excluding hydrogens is 348 g/mol. The lowest BCUT2D eigenvalue weighted by Gasteiger charge is -2.27. The number of aryl methyl sites for hydroxylation is 1. The summed E-state index contributed by atoms with van der Waals surface area (Å²) in [5, 5.41) is 7.41. The van der Waals surface area contributed by atoms with Gasteiger partial charge in [0, 0.05) is 44.5 Å². The van der Waals surface area contributed by atoms with Gasteiger partial charge < -0.3 is 4.74 Å². The monoisotopic (exact) mass is 368 g/mol. The van der Waals surface area contributed by atoms with Crippen LogP contribution in [0.5, 0.6) is 5.75 Å². The summed E-state index contributed by atoms with van der Waals surface area (Å²) in [5.41, 5.74) is 3.04. The Labute approximate surface area is 155 Å². The van der Waals surface area contributed by atoms with Crippen molar-refractivity contribution in [3.05, 3.63) is 74.1 Å². The number of hydrogen-bond donors (Lipinski definition) is 0. The van der Waals surface area contributed by atoms with E-state index in [1.807, 2.05) is 30.3 Å². The van der Waals surface area contributed by atoms with Crippen molar-refractivity contribution >= 4 is 11.3 Å². The summed E-state index contributed by atoms with van der Waals surface area (Å²) in [7, 11) is 1.70. The molecule has 1 aliphatic heterocycles. The van der Waals surface area contributed by atoms with E-state index in [0.29, 0.717) is 6.61 Å². The van der Waals surface area contributed by atoms with Crippen LogP contribution in [0.4, 0.5) is 0 Å². The van der Waals surface area contributed by atoms with E-state index in [1.54, 1.807) is 24.5 Å². The van der Waals surface area contributed by atoms with Gasteiger partial charge in [-0.15, -0.1) is 11.3 Å². The van der Waals surface area contributed by atoms with E-state index < -0.39 is 0 Å². The molecular formula is C19H20N4O2S. The van der Waals surface area contributed by atoms with E-state index >= 15 is 0 Å². The number of nitrogens with zero attached hydrogens (tertiary/aromatic N) is 4. The van der Waals surface area contributed by atoms with E-state index in [4.69, 9.17) is 4.74 Å². The molecule has 26 heavy (non-hydrogen) atoms. The Morgan fingerprint density at radius 1 is 1.27 bits per heavy atom. The zero-order chi connectivity index (χ0) is 17.9. The Morgan fingerprint density at radius 2 is 2.12 bits per heavy atom. The Kier molecular flexibility index (Phi) is 4.81. The summed E-state index contributed by atoms with van der Waals surface area (Å²) in [4.78, 5) is 18.8. The van der Waals surface area contributed by atoms with Crippen LogP contribution in [0.25, 0.3) is 0 Å². The molecule has 0 spiro atoms. The SMILES string of the molecule is Cn1nc2c(cc1=O)CN(Cc1csc(COc3ccccc3)n1)CC2. The standard InChI is InChI=1S/C19H20N4O2S/c1-22-19(24)9-14-10-23(8-7-17(14)21-22)11-15-13-26-18(20-15)12-25-16-5-3-2-4-6-16/h2-6,9,13H,7-8,10-12H2,1H3. The third kappa shape index (κ3) is 3.84. The molecule has 0 bridgehead atoms. The predicted molar refractivity (Wildman–Crippen MR) is 100 cm³/mol. The Balaban J connectivity index is 1.37. The molecule has 0 aliphatic carbocycles. The molecule has 0 radical (unpaired) electrons. The molecule has 2 aromatic heterocycles. The average molecular weight is 368 g/mol. The molecule has 3 aromatic rings. The molecule has 0 fully saturated rings. The van der Waals surface area contributed by atoms with Gasteiger partial charge in [0.25, 0.3) is 5.56 Å². The second-order valence-electron chi connectivity index (χ2n) is 6.37. The van der Waals surface area contributed by atoms with Gasteiger partial charge >= 0.3 is 0 Å². The lowest BCUT2D eigenvalue weighted by Crippen LogP contribution is -2.34. The first-order valence-electron chi connectivity index (χ1n) is 8.57. The first-order valence-corrected chi connectivity index (χ1v) is 9.45. The summed E-state index contributed by atoms with van der Waals surface area (Å²) in [6.07, 6.45) is 0.859. The van der Waals surface area contributed by atoms with Crippen molar-refractivity contribution < 1.29 is 4.74 Å². The number of rotatable bonds is 5. The molecule has 6 nitrogen and oxygen atoms in total. The zero-order valence-electron chi connectivity index (χ0n) is 14.6. The second-order valence-corrected chi connectivity index (χ2v) is 7.32. The van der Waals surface area contributed by atoms with Crippen molar-refractivity contribution in [2.45, 2.75) is 26.1 Å². The zero-order valence-corrected chi connectivity index (χ0v) is 15.4. The van der Waals surface area contributed by atoms with Gasteiger partial charge in [0.05, 0.1) is 11.4 Å². The minimum atomic E-state index is -0.0559. The molecule has 134 valence electrons. The van der Waals surface area contributed by atoms with Crippen molar-refractivity contribution in [2.24, 2.45) is 7.05 Å². The molecule has 3 heterocycles. The Bertz CT molecular complexity index is 952. The first-order chi connectivity index (χ1) is 12.7. The van der Waals surface area contributed by atoms with Crippen LogP contribution in [0.1, 0.15) is 22.0 Å². The van der Waals surface area contributed by atoms with Crippen molar-refractivity contribution in [2.75, 3.05) is 6.54 Å². The number of thiazole rings is 1. The highest BCUT2D eigenvalue weighted by Crippen LogP contribution is 2.20. The first kappa shape index (κ1) is 16.9. The van der Waals surface area contributed by atoms with Crippen LogP contribution in [-0.2, 0) is 33.2 Å². The van der Waals surface area contributed by atoms with E-state index in [9.17, 15) is 4.79 Å². The molecule has 0 N–H and O–H groups in total. The number of para-hydroxylation sites is 1. The van der Waals surface area contributed by atoms with Gasteiger partial charge in [-0.2, -0.15) is 5.10 Å².